The van der Waals surface area contributed by atoms with Crippen LogP contribution in [0.5, 0.6) is 0 Å². The number of hydrogen-bond donors (Lipinski definition) is 2. The molecule has 0 heterocycles. The van der Waals surface area contributed by atoms with Crippen molar-refractivity contribution in [1.29, 1.82) is 0 Å². The normalized spacial score (nSPS) is 13.3. The Morgan fingerprint density at radius 1 is 1.11 bits per heavy atom. The molecular formula is C9H10F6O4. The lowest BCUT2D eigenvalue weighted by Crippen LogP contribution is -2.57. The van der Waals surface area contributed by atoms with Crippen LogP contribution >= 0.6 is 0 Å². The third kappa shape index (κ3) is 4.10. The molecule has 0 spiro atoms. The standard InChI is InChI=1S/C9H10F6O4/c1-5(6(17)19-3-2-16)4-7(18,8(10,11)12)9(13,14)15/h16,18H,1-4H2. The lowest BCUT2D eigenvalue weighted by atomic mass is 9.93. The highest BCUT2D eigenvalue weighted by molar-refractivity contribution is 5.87. The molecule has 19 heavy (non-hydrogen) atoms. The number of aliphatic hydroxyl groups is 2. The van der Waals surface area contributed by atoms with E-state index in [1.54, 1.807) is 0 Å². The van der Waals surface area contributed by atoms with Gasteiger partial charge in [-0.25, -0.2) is 4.79 Å². The fraction of sp³-hybridized carbons (Fsp3) is 0.667. The topological polar surface area (TPSA) is 66.8 Å². The monoisotopic (exact) mass is 296 g/mol. The molecule has 0 aliphatic rings. The van der Waals surface area contributed by atoms with Crippen molar-refractivity contribution in [3.8, 4) is 0 Å². The van der Waals surface area contributed by atoms with E-state index in [9.17, 15) is 31.1 Å². The molecule has 0 radical (unpaired) electrons. The van der Waals surface area contributed by atoms with Crippen molar-refractivity contribution in [3.05, 3.63) is 12.2 Å². The van der Waals surface area contributed by atoms with Gasteiger partial charge in [0.1, 0.15) is 6.61 Å². The van der Waals surface area contributed by atoms with Crippen molar-refractivity contribution in [2.45, 2.75) is 24.4 Å². The zero-order chi connectivity index (χ0) is 15.5. The number of halogens is 6. The van der Waals surface area contributed by atoms with Gasteiger partial charge in [-0.05, 0) is 0 Å². The number of alkyl halides is 6. The van der Waals surface area contributed by atoms with Crippen LogP contribution in [-0.2, 0) is 9.53 Å². The molecule has 0 aromatic carbocycles. The molecule has 0 amide bonds. The van der Waals surface area contributed by atoms with Crippen LogP contribution in [0.4, 0.5) is 26.3 Å². The molecule has 0 atom stereocenters. The third-order valence-corrected chi connectivity index (χ3v) is 2.02. The number of esters is 1. The van der Waals surface area contributed by atoms with E-state index in [1.807, 2.05) is 0 Å². The summed E-state index contributed by atoms with van der Waals surface area (Å²) >= 11 is 0. The molecule has 0 unspecified atom stereocenters. The first-order valence-corrected chi connectivity index (χ1v) is 4.68. The van der Waals surface area contributed by atoms with Crippen molar-refractivity contribution in [2.24, 2.45) is 0 Å². The van der Waals surface area contributed by atoms with Gasteiger partial charge < -0.3 is 14.9 Å². The van der Waals surface area contributed by atoms with Crippen LogP contribution in [0.1, 0.15) is 6.42 Å². The first-order chi connectivity index (χ1) is 8.37. The summed E-state index contributed by atoms with van der Waals surface area (Å²) in [5.41, 5.74) is -6.31. The highest BCUT2D eigenvalue weighted by atomic mass is 19.4. The molecule has 0 aliphatic heterocycles. The average molecular weight is 296 g/mol. The van der Waals surface area contributed by atoms with Crippen molar-refractivity contribution in [1.82, 2.24) is 0 Å². The van der Waals surface area contributed by atoms with E-state index >= 15 is 0 Å². The van der Waals surface area contributed by atoms with Gasteiger partial charge in [-0.1, -0.05) is 6.58 Å². The highest BCUT2D eigenvalue weighted by Crippen LogP contribution is 2.46. The molecule has 0 saturated carbocycles. The van der Waals surface area contributed by atoms with Crippen molar-refractivity contribution >= 4 is 5.97 Å². The van der Waals surface area contributed by atoms with Crippen LogP contribution in [-0.4, -0.2) is 47.3 Å². The lowest BCUT2D eigenvalue weighted by Gasteiger charge is -2.32. The number of ether oxygens (including phenoxy) is 1. The van der Waals surface area contributed by atoms with Crippen LogP contribution in [0.2, 0.25) is 0 Å². The summed E-state index contributed by atoms with van der Waals surface area (Å²) in [7, 11) is 0. The number of carbonyl (C=O) groups is 1. The van der Waals surface area contributed by atoms with Gasteiger partial charge in [-0.15, -0.1) is 0 Å². The Balaban J connectivity index is 5.07. The Labute approximate surface area is 103 Å². The van der Waals surface area contributed by atoms with Crippen LogP contribution < -0.4 is 0 Å². The Bertz CT molecular complexity index is 332. The van der Waals surface area contributed by atoms with Gasteiger partial charge in [0.25, 0.3) is 5.60 Å². The van der Waals surface area contributed by atoms with Crippen molar-refractivity contribution in [2.75, 3.05) is 13.2 Å². The predicted molar refractivity (Wildman–Crippen MR) is 48.9 cm³/mol. The van der Waals surface area contributed by atoms with Gasteiger partial charge in [-0.3, -0.25) is 0 Å². The molecule has 2 N–H and O–H groups in total. The molecule has 10 heteroatoms. The van der Waals surface area contributed by atoms with E-state index in [0.717, 1.165) is 0 Å². The summed E-state index contributed by atoms with van der Waals surface area (Å²) in [6.07, 6.45) is -14.2. The van der Waals surface area contributed by atoms with E-state index in [0.29, 0.717) is 0 Å². The lowest BCUT2D eigenvalue weighted by molar-refractivity contribution is -0.367. The van der Waals surface area contributed by atoms with E-state index < -0.39 is 49.1 Å². The fourth-order valence-electron chi connectivity index (χ4n) is 0.983. The first-order valence-electron chi connectivity index (χ1n) is 4.68. The summed E-state index contributed by atoms with van der Waals surface area (Å²) < 4.78 is 77.7. The third-order valence-electron chi connectivity index (χ3n) is 2.02. The number of aliphatic hydroxyl groups excluding tert-OH is 1. The fourth-order valence-corrected chi connectivity index (χ4v) is 0.983. The number of carbonyl (C=O) groups excluding carboxylic acids is 1. The molecule has 0 aromatic heterocycles. The van der Waals surface area contributed by atoms with Gasteiger partial charge >= 0.3 is 18.3 Å². The zero-order valence-corrected chi connectivity index (χ0v) is 9.31. The largest absolute Gasteiger partial charge is 0.460 e. The Morgan fingerprint density at radius 2 is 1.53 bits per heavy atom. The quantitative estimate of drug-likeness (QED) is 0.456. The summed E-state index contributed by atoms with van der Waals surface area (Å²) in [6.45, 7) is 1.42. The summed E-state index contributed by atoms with van der Waals surface area (Å²) in [4.78, 5) is 11.0. The zero-order valence-electron chi connectivity index (χ0n) is 9.31. The molecule has 0 fully saturated rings. The molecule has 0 rings (SSSR count). The first kappa shape index (κ1) is 17.7. The molecule has 0 bridgehead atoms. The van der Waals surface area contributed by atoms with Crippen LogP contribution in [0.15, 0.2) is 12.2 Å². The number of rotatable bonds is 5. The number of hydrogen-bond acceptors (Lipinski definition) is 4. The average Bonchev–Trinajstić information content (AvgIpc) is 2.22. The van der Waals surface area contributed by atoms with Gasteiger partial charge in [0.2, 0.25) is 0 Å². The predicted octanol–water partition coefficient (Wildman–Crippen LogP) is 1.32. The van der Waals surface area contributed by atoms with Crippen LogP contribution in [0.3, 0.4) is 0 Å². The van der Waals surface area contributed by atoms with E-state index in [-0.39, 0.29) is 0 Å². The second-order valence-electron chi connectivity index (χ2n) is 3.50. The maximum absolute atomic E-state index is 12.3. The van der Waals surface area contributed by atoms with Crippen LogP contribution in [0.25, 0.3) is 0 Å². The smallest absolute Gasteiger partial charge is 0.426 e. The Kier molecular flexibility index (Phi) is 5.39. The molecule has 0 aliphatic carbocycles. The maximum Gasteiger partial charge on any atom is 0.426 e. The Hall–Kier alpha value is -1.29. The minimum atomic E-state index is -6.04. The summed E-state index contributed by atoms with van der Waals surface area (Å²) in [6, 6.07) is 0. The second-order valence-corrected chi connectivity index (χ2v) is 3.50. The SMILES string of the molecule is C=C(CC(O)(C(F)(F)F)C(F)(F)F)C(=O)OCCO. The molecular weight excluding hydrogens is 286 g/mol. The van der Waals surface area contributed by atoms with Gasteiger partial charge in [0, 0.05) is 12.0 Å². The molecule has 0 aromatic rings. The van der Waals surface area contributed by atoms with Gasteiger partial charge in [0.05, 0.1) is 6.61 Å². The summed E-state index contributed by atoms with van der Waals surface area (Å²) in [5, 5.41) is 17.0. The minimum Gasteiger partial charge on any atom is -0.460 e. The van der Waals surface area contributed by atoms with Crippen molar-refractivity contribution < 1.29 is 46.1 Å². The molecule has 4 nitrogen and oxygen atoms in total. The minimum absolute atomic E-state index is 0.617. The van der Waals surface area contributed by atoms with Gasteiger partial charge in [-0.2, -0.15) is 26.3 Å². The second kappa shape index (κ2) is 5.78. The highest BCUT2D eigenvalue weighted by Gasteiger charge is 2.70. The summed E-state index contributed by atoms with van der Waals surface area (Å²) in [5.74, 6) is -1.57. The van der Waals surface area contributed by atoms with Crippen molar-refractivity contribution in [3.63, 3.8) is 0 Å². The maximum atomic E-state index is 12.3. The van der Waals surface area contributed by atoms with E-state index in [1.165, 1.54) is 0 Å². The van der Waals surface area contributed by atoms with E-state index in [4.69, 9.17) is 10.2 Å². The molecule has 112 valence electrons. The Morgan fingerprint density at radius 3 is 1.84 bits per heavy atom. The molecule has 0 saturated heterocycles. The van der Waals surface area contributed by atoms with Gasteiger partial charge in [0.15, 0.2) is 0 Å². The van der Waals surface area contributed by atoms with E-state index in [2.05, 4.69) is 11.3 Å². The van der Waals surface area contributed by atoms with Crippen LogP contribution in [0, 0.1) is 0 Å².